The summed E-state index contributed by atoms with van der Waals surface area (Å²) >= 11 is 4.22. The second kappa shape index (κ2) is 19.6. The highest BCUT2D eigenvalue weighted by Crippen LogP contribution is 2.32. The predicted molar refractivity (Wildman–Crippen MR) is 154 cm³/mol. The molecule has 0 aromatic carbocycles. The van der Waals surface area contributed by atoms with E-state index in [1.165, 1.54) is 74.4 Å². The molecule has 2 aliphatic heterocycles. The molecule has 6 heteroatoms. The number of hydrogen-bond acceptors (Lipinski definition) is 6. The van der Waals surface area contributed by atoms with Crippen LogP contribution in [0, 0.1) is 17.3 Å². The van der Waals surface area contributed by atoms with Gasteiger partial charge in [-0.1, -0.05) is 66.2 Å². The second-order valence-electron chi connectivity index (χ2n) is 10.9. The molecule has 2 fully saturated rings. The molecule has 2 unspecified atom stereocenters. The summed E-state index contributed by atoms with van der Waals surface area (Å²) in [6.45, 7) is 12.0. The Balaban J connectivity index is 1.48. The summed E-state index contributed by atoms with van der Waals surface area (Å²) in [6, 6.07) is 0. The van der Waals surface area contributed by atoms with Crippen molar-refractivity contribution in [3.8, 4) is 0 Å². The first kappa shape index (κ1) is 31.8. The van der Waals surface area contributed by atoms with E-state index < -0.39 is 0 Å². The average molecular weight is 533 g/mol. The molecule has 0 aromatic rings. The van der Waals surface area contributed by atoms with Gasteiger partial charge in [0.15, 0.2) is 12.6 Å². The Kier molecular flexibility index (Phi) is 17.8. The molecule has 0 N–H and O–H groups in total. The van der Waals surface area contributed by atoms with Crippen LogP contribution in [0.3, 0.4) is 0 Å². The lowest BCUT2D eigenvalue weighted by Gasteiger charge is -2.43. The summed E-state index contributed by atoms with van der Waals surface area (Å²) in [5, 5.41) is 0. The Morgan fingerprint density at radius 2 is 1.03 bits per heavy atom. The summed E-state index contributed by atoms with van der Waals surface area (Å²) in [4.78, 5) is 0. The monoisotopic (exact) mass is 532 g/mol. The van der Waals surface area contributed by atoms with Crippen LogP contribution in [0.15, 0.2) is 0 Å². The SMILES string of the molecule is CCCCC(CC)CSCCCC1OCC2(CO1)COC(CCCSCC(CC)CCCC)OC2. The van der Waals surface area contributed by atoms with Gasteiger partial charge < -0.3 is 18.9 Å². The molecule has 0 radical (unpaired) electrons. The van der Waals surface area contributed by atoms with Crippen molar-refractivity contribution in [2.45, 2.75) is 117 Å². The van der Waals surface area contributed by atoms with Gasteiger partial charge in [0, 0.05) is 0 Å². The van der Waals surface area contributed by atoms with E-state index in [4.69, 9.17) is 18.9 Å². The van der Waals surface area contributed by atoms with Gasteiger partial charge >= 0.3 is 0 Å². The Morgan fingerprint density at radius 1 is 0.629 bits per heavy atom. The Labute approximate surface area is 226 Å². The first-order chi connectivity index (χ1) is 17.1. The highest BCUT2D eigenvalue weighted by Gasteiger charge is 2.41. The molecule has 2 saturated heterocycles. The van der Waals surface area contributed by atoms with Crippen LogP contribution in [0.1, 0.15) is 105 Å². The molecular formula is C29H56O4S2. The normalized spacial score (nSPS) is 26.7. The molecule has 4 nitrogen and oxygen atoms in total. The molecule has 0 amide bonds. The third kappa shape index (κ3) is 13.2. The number of ether oxygens (including phenoxy) is 4. The summed E-state index contributed by atoms with van der Waals surface area (Å²) in [7, 11) is 0. The lowest BCUT2D eigenvalue weighted by atomic mass is 9.90. The van der Waals surface area contributed by atoms with Crippen LogP contribution < -0.4 is 0 Å². The van der Waals surface area contributed by atoms with Crippen molar-refractivity contribution in [3.63, 3.8) is 0 Å². The van der Waals surface area contributed by atoms with Gasteiger partial charge in [-0.25, -0.2) is 0 Å². The number of unbranched alkanes of at least 4 members (excludes halogenated alkanes) is 2. The minimum atomic E-state index is -0.113. The molecule has 1 spiro atoms. The lowest BCUT2D eigenvalue weighted by molar-refractivity contribution is -0.303. The average Bonchev–Trinajstić information content (AvgIpc) is 2.89. The van der Waals surface area contributed by atoms with Crippen molar-refractivity contribution in [3.05, 3.63) is 0 Å². The van der Waals surface area contributed by atoms with Gasteiger partial charge in [0.2, 0.25) is 0 Å². The second-order valence-corrected chi connectivity index (χ2v) is 13.2. The summed E-state index contributed by atoms with van der Waals surface area (Å²) in [5.41, 5.74) is -0.113. The van der Waals surface area contributed by atoms with Gasteiger partial charge in [-0.2, -0.15) is 23.5 Å². The fourth-order valence-electron chi connectivity index (χ4n) is 4.76. The Morgan fingerprint density at radius 3 is 1.37 bits per heavy atom. The van der Waals surface area contributed by atoms with Gasteiger partial charge in [0.25, 0.3) is 0 Å². The summed E-state index contributed by atoms with van der Waals surface area (Å²) in [6.07, 6.45) is 15.0. The topological polar surface area (TPSA) is 36.9 Å². The largest absolute Gasteiger partial charge is 0.352 e. The maximum absolute atomic E-state index is 6.09. The molecule has 2 aliphatic rings. The lowest BCUT2D eigenvalue weighted by Crippen LogP contribution is -2.52. The minimum Gasteiger partial charge on any atom is -0.352 e. The van der Waals surface area contributed by atoms with E-state index in [0.717, 1.165) is 37.5 Å². The van der Waals surface area contributed by atoms with Crippen LogP contribution in [0.2, 0.25) is 0 Å². The van der Waals surface area contributed by atoms with Gasteiger partial charge in [-0.3, -0.25) is 0 Å². The fraction of sp³-hybridized carbons (Fsp3) is 1.00. The quantitative estimate of drug-likeness (QED) is 0.147. The van der Waals surface area contributed by atoms with Crippen molar-refractivity contribution in [1.29, 1.82) is 0 Å². The molecule has 0 aliphatic carbocycles. The van der Waals surface area contributed by atoms with Gasteiger partial charge in [-0.15, -0.1) is 0 Å². The highest BCUT2D eigenvalue weighted by molar-refractivity contribution is 7.99. The number of hydrogen-bond donors (Lipinski definition) is 0. The van der Waals surface area contributed by atoms with Gasteiger partial charge in [0.05, 0.1) is 31.8 Å². The van der Waals surface area contributed by atoms with Crippen molar-refractivity contribution >= 4 is 23.5 Å². The zero-order valence-corrected chi connectivity index (χ0v) is 25.0. The van der Waals surface area contributed by atoms with E-state index in [2.05, 4.69) is 51.2 Å². The molecule has 35 heavy (non-hydrogen) atoms. The zero-order valence-electron chi connectivity index (χ0n) is 23.4. The maximum atomic E-state index is 6.09. The molecule has 208 valence electrons. The van der Waals surface area contributed by atoms with Crippen molar-refractivity contribution in [2.24, 2.45) is 17.3 Å². The van der Waals surface area contributed by atoms with Crippen LogP contribution in [-0.2, 0) is 18.9 Å². The van der Waals surface area contributed by atoms with Gasteiger partial charge in [0.1, 0.15) is 0 Å². The summed E-state index contributed by atoms with van der Waals surface area (Å²) < 4.78 is 24.4. The Bertz CT molecular complexity index is 444. The number of rotatable bonds is 20. The molecule has 2 atom stereocenters. The first-order valence-electron chi connectivity index (χ1n) is 14.8. The molecule has 2 heterocycles. The van der Waals surface area contributed by atoms with E-state index in [1.54, 1.807) is 0 Å². The standard InChI is InChI=1S/C29H56O4S2/c1-5-9-13-25(7-3)19-34-17-11-15-27-30-21-29(22-31-27)23-32-28(33-24-29)16-12-18-35-20-26(8-4)14-10-6-2/h25-28H,5-24H2,1-4H3. The summed E-state index contributed by atoms with van der Waals surface area (Å²) in [5.74, 6) is 6.80. The van der Waals surface area contributed by atoms with Crippen LogP contribution in [-0.4, -0.2) is 62.0 Å². The van der Waals surface area contributed by atoms with Gasteiger partial charge in [-0.05, 0) is 73.4 Å². The van der Waals surface area contributed by atoms with Crippen LogP contribution in [0.4, 0.5) is 0 Å². The highest BCUT2D eigenvalue weighted by atomic mass is 32.2. The third-order valence-corrected chi connectivity index (χ3v) is 10.1. The zero-order chi connectivity index (χ0) is 25.2. The van der Waals surface area contributed by atoms with Crippen LogP contribution >= 0.6 is 23.5 Å². The van der Waals surface area contributed by atoms with Crippen LogP contribution in [0.25, 0.3) is 0 Å². The van der Waals surface area contributed by atoms with Crippen LogP contribution in [0.5, 0.6) is 0 Å². The first-order valence-corrected chi connectivity index (χ1v) is 17.1. The smallest absolute Gasteiger partial charge is 0.157 e. The molecule has 0 aromatic heterocycles. The van der Waals surface area contributed by atoms with Crippen molar-refractivity contribution in [1.82, 2.24) is 0 Å². The predicted octanol–water partition coefficient (Wildman–Crippen LogP) is 8.18. The van der Waals surface area contributed by atoms with E-state index >= 15 is 0 Å². The molecule has 0 bridgehead atoms. The molecular weight excluding hydrogens is 476 g/mol. The fourth-order valence-corrected chi connectivity index (χ4v) is 7.31. The number of thioether (sulfide) groups is 2. The van der Waals surface area contributed by atoms with E-state index in [1.807, 2.05) is 0 Å². The van der Waals surface area contributed by atoms with Crippen molar-refractivity contribution in [2.75, 3.05) is 49.4 Å². The Hall–Kier alpha value is 0.540. The molecule has 2 rings (SSSR count). The van der Waals surface area contributed by atoms with Crippen molar-refractivity contribution < 1.29 is 18.9 Å². The maximum Gasteiger partial charge on any atom is 0.157 e. The van der Waals surface area contributed by atoms with E-state index in [0.29, 0.717) is 26.4 Å². The van der Waals surface area contributed by atoms with E-state index in [9.17, 15) is 0 Å². The minimum absolute atomic E-state index is 0.0534. The van der Waals surface area contributed by atoms with E-state index in [-0.39, 0.29) is 18.0 Å². The molecule has 0 saturated carbocycles. The third-order valence-electron chi connectivity index (χ3n) is 7.55.